The van der Waals surface area contributed by atoms with Gasteiger partial charge in [-0.2, -0.15) is 0 Å². The van der Waals surface area contributed by atoms with E-state index in [1.165, 1.54) is 12.1 Å². The van der Waals surface area contributed by atoms with Crippen LogP contribution >= 0.6 is 0 Å². The van der Waals surface area contributed by atoms with E-state index in [-0.39, 0.29) is 24.3 Å². The summed E-state index contributed by atoms with van der Waals surface area (Å²) in [5.74, 6) is -0.654. The number of hydrogen-bond donors (Lipinski definition) is 2. The van der Waals surface area contributed by atoms with Crippen LogP contribution in [0.25, 0.3) is 0 Å². The molecule has 0 heterocycles. The first kappa shape index (κ1) is 17.9. The zero-order valence-corrected chi connectivity index (χ0v) is 13.4. The first-order chi connectivity index (χ1) is 10.2. The van der Waals surface area contributed by atoms with Crippen LogP contribution in [0.1, 0.15) is 45.7 Å². The van der Waals surface area contributed by atoms with Gasteiger partial charge in [0.1, 0.15) is 18.0 Å². The van der Waals surface area contributed by atoms with Crippen molar-refractivity contribution in [2.75, 3.05) is 6.54 Å². The van der Waals surface area contributed by atoms with Crippen LogP contribution in [0.2, 0.25) is 0 Å². The number of halogens is 1. The molecular formula is C16H23FN2O3. The van der Waals surface area contributed by atoms with Crippen molar-refractivity contribution in [2.24, 2.45) is 0 Å². The quantitative estimate of drug-likeness (QED) is 0.878. The van der Waals surface area contributed by atoms with Gasteiger partial charge < -0.3 is 15.4 Å². The molecule has 0 saturated heterocycles. The molecule has 1 aromatic rings. The Hall–Kier alpha value is -2.11. The lowest BCUT2D eigenvalue weighted by Crippen LogP contribution is -2.40. The van der Waals surface area contributed by atoms with E-state index in [9.17, 15) is 14.0 Å². The molecule has 0 aliphatic rings. The van der Waals surface area contributed by atoms with Gasteiger partial charge in [-0.05, 0) is 44.9 Å². The van der Waals surface area contributed by atoms with Crippen molar-refractivity contribution in [1.82, 2.24) is 10.6 Å². The van der Waals surface area contributed by atoms with Gasteiger partial charge in [0.2, 0.25) is 5.91 Å². The molecular weight excluding hydrogens is 287 g/mol. The molecule has 0 spiro atoms. The Kier molecular flexibility index (Phi) is 6.34. The maximum absolute atomic E-state index is 12.9. The van der Waals surface area contributed by atoms with E-state index in [4.69, 9.17) is 4.74 Å². The molecule has 22 heavy (non-hydrogen) atoms. The molecule has 0 fully saturated rings. The minimum Gasteiger partial charge on any atom is -0.444 e. The van der Waals surface area contributed by atoms with Gasteiger partial charge >= 0.3 is 6.09 Å². The van der Waals surface area contributed by atoms with Gasteiger partial charge in [-0.3, -0.25) is 4.79 Å². The zero-order chi connectivity index (χ0) is 16.8. The van der Waals surface area contributed by atoms with E-state index in [2.05, 4.69) is 10.6 Å². The summed E-state index contributed by atoms with van der Waals surface area (Å²) in [4.78, 5) is 23.3. The summed E-state index contributed by atoms with van der Waals surface area (Å²) in [6.07, 6.45) is 0.0153. The third kappa shape index (κ3) is 6.56. The van der Waals surface area contributed by atoms with Gasteiger partial charge in [0.05, 0.1) is 6.04 Å². The molecule has 6 heteroatoms. The zero-order valence-electron chi connectivity index (χ0n) is 13.4. The topological polar surface area (TPSA) is 67.4 Å². The number of nitrogens with one attached hydrogen (secondary N) is 2. The highest BCUT2D eigenvalue weighted by atomic mass is 19.1. The number of alkyl carbamates (subject to hydrolysis) is 1. The fourth-order valence-corrected chi connectivity index (χ4v) is 1.83. The smallest absolute Gasteiger partial charge is 0.408 e. The number of benzene rings is 1. The van der Waals surface area contributed by atoms with Crippen molar-refractivity contribution >= 4 is 12.0 Å². The highest BCUT2D eigenvalue weighted by Crippen LogP contribution is 2.16. The van der Waals surface area contributed by atoms with Crippen LogP contribution in [0.15, 0.2) is 24.3 Å². The Morgan fingerprint density at radius 3 is 2.32 bits per heavy atom. The summed E-state index contributed by atoms with van der Waals surface area (Å²) < 4.78 is 18.0. The first-order valence-corrected chi connectivity index (χ1v) is 7.23. The summed E-state index contributed by atoms with van der Waals surface area (Å²) >= 11 is 0. The van der Waals surface area contributed by atoms with Gasteiger partial charge in [0.15, 0.2) is 0 Å². The lowest BCUT2D eigenvalue weighted by atomic mass is 10.0. The highest BCUT2D eigenvalue weighted by Gasteiger charge is 2.17. The van der Waals surface area contributed by atoms with Gasteiger partial charge in [-0.1, -0.05) is 19.1 Å². The molecule has 122 valence electrons. The van der Waals surface area contributed by atoms with Crippen LogP contribution in [0.3, 0.4) is 0 Å². The van der Waals surface area contributed by atoms with Gasteiger partial charge in [-0.15, -0.1) is 0 Å². The number of carbonyl (C=O) groups excluding carboxylic acids is 2. The van der Waals surface area contributed by atoms with E-state index in [0.29, 0.717) is 6.42 Å². The Morgan fingerprint density at radius 2 is 1.82 bits per heavy atom. The fraction of sp³-hybridized carbons (Fsp3) is 0.500. The van der Waals surface area contributed by atoms with Gasteiger partial charge in [0.25, 0.3) is 0 Å². The molecule has 0 radical (unpaired) electrons. The van der Waals surface area contributed by atoms with Crippen LogP contribution < -0.4 is 10.6 Å². The van der Waals surface area contributed by atoms with Crippen molar-refractivity contribution in [3.63, 3.8) is 0 Å². The molecule has 0 aliphatic heterocycles. The van der Waals surface area contributed by atoms with E-state index >= 15 is 0 Å². The molecule has 0 aliphatic carbocycles. The van der Waals surface area contributed by atoms with E-state index in [0.717, 1.165) is 5.56 Å². The van der Waals surface area contributed by atoms with Crippen molar-refractivity contribution in [3.8, 4) is 0 Å². The summed E-state index contributed by atoms with van der Waals surface area (Å²) in [5, 5.41) is 5.18. The van der Waals surface area contributed by atoms with Gasteiger partial charge in [0, 0.05) is 0 Å². The van der Waals surface area contributed by atoms with Crippen molar-refractivity contribution < 1.29 is 18.7 Å². The van der Waals surface area contributed by atoms with Crippen LogP contribution in [0.4, 0.5) is 9.18 Å². The molecule has 0 aromatic heterocycles. The van der Waals surface area contributed by atoms with E-state index in [1.807, 2.05) is 6.92 Å². The normalized spacial score (nSPS) is 12.4. The second-order valence-corrected chi connectivity index (χ2v) is 5.94. The second kappa shape index (κ2) is 7.77. The molecule has 0 saturated carbocycles. The number of rotatable bonds is 5. The lowest BCUT2D eigenvalue weighted by Gasteiger charge is -2.20. The average Bonchev–Trinajstić information content (AvgIpc) is 2.42. The molecule has 2 N–H and O–H groups in total. The van der Waals surface area contributed by atoms with Crippen LogP contribution in [-0.4, -0.2) is 24.1 Å². The fourth-order valence-electron chi connectivity index (χ4n) is 1.83. The Balaban J connectivity index is 2.49. The second-order valence-electron chi connectivity index (χ2n) is 5.94. The number of hydrogen-bond acceptors (Lipinski definition) is 3. The molecule has 5 nitrogen and oxygen atoms in total. The highest BCUT2D eigenvalue weighted by molar-refractivity contribution is 5.82. The van der Waals surface area contributed by atoms with Crippen molar-refractivity contribution in [2.45, 2.75) is 45.8 Å². The molecule has 2 amide bonds. The molecule has 0 bridgehead atoms. The predicted molar refractivity (Wildman–Crippen MR) is 81.8 cm³/mol. The van der Waals surface area contributed by atoms with Crippen LogP contribution in [0, 0.1) is 5.82 Å². The number of ether oxygens (including phenoxy) is 1. The molecule has 1 rings (SSSR count). The number of amides is 2. The lowest BCUT2D eigenvalue weighted by molar-refractivity contribution is -0.121. The molecule has 1 atom stereocenters. The largest absolute Gasteiger partial charge is 0.444 e. The van der Waals surface area contributed by atoms with Gasteiger partial charge in [-0.25, -0.2) is 9.18 Å². The minimum absolute atomic E-state index is 0.174. The SMILES string of the molecule is CC[C@@H](NC(=O)CNC(=O)OC(C)(C)C)c1ccc(F)cc1. The third-order valence-electron chi connectivity index (χ3n) is 2.81. The van der Waals surface area contributed by atoms with Crippen molar-refractivity contribution in [1.29, 1.82) is 0 Å². The maximum atomic E-state index is 12.9. The average molecular weight is 310 g/mol. The summed E-state index contributed by atoms with van der Waals surface area (Å²) in [6, 6.07) is 5.73. The monoisotopic (exact) mass is 310 g/mol. The summed E-state index contributed by atoms with van der Waals surface area (Å²) in [7, 11) is 0. The van der Waals surface area contributed by atoms with E-state index < -0.39 is 11.7 Å². The first-order valence-electron chi connectivity index (χ1n) is 7.23. The summed E-state index contributed by atoms with van der Waals surface area (Å²) in [6.45, 7) is 6.97. The Labute approximate surface area is 130 Å². The third-order valence-corrected chi connectivity index (χ3v) is 2.81. The standard InChI is InChI=1S/C16H23FN2O3/c1-5-13(11-6-8-12(17)9-7-11)19-14(20)10-18-15(21)22-16(2,3)4/h6-9,13H,5,10H2,1-4H3,(H,18,21)(H,19,20)/t13-/m1/s1. The van der Waals surface area contributed by atoms with Crippen molar-refractivity contribution in [3.05, 3.63) is 35.6 Å². The Morgan fingerprint density at radius 1 is 1.23 bits per heavy atom. The van der Waals surface area contributed by atoms with Crippen LogP contribution in [0.5, 0.6) is 0 Å². The summed E-state index contributed by atoms with van der Waals surface area (Å²) in [5.41, 5.74) is 0.204. The van der Waals surface area contributed by atoms with E-state index in [1.54, 1.807) is 32.9 Å². The maximum Gasteiger partial charge on any atom is 0.408 e. The molecule has 0 unspecified atom stereocenters. The molecule has 1 aromatic carbocycles. The minimum atomic E-state index is -0.641. The Bertz CT molecular complexity index is 509. The number of carbonyl (C=O) groups is 2. The van der Waals surface area contributed by atoms with Crippen LogP contribution in [-0.2, 0) is 9.53 Å². The predicted octanol–water partition coefficient (Wildman–Crippen LogP) is 2.92.